The Kier molecular flexibility index (Phi) is 13.6. The number of likely N-dealkylation sites (N-methyl/N-ethyl adjacent to an activating group) is 2. The van der Waals surface area contributed by atoms with E-state index in [-0.39, 0.29) is 35.9 Å². The number of hydrogen-bond acceptors (Lipinski definition) is 11. The summed E-state index contributed by atoms with van der Waals surface area (Å²) in [6.07, 6.45) is 1.95. The molecule has 7 rings (SSSR count). The van der Waals surface area contributed by atoms with Crippen LogP contribution in [-0.2, 0) is 9.59 Å². The molecular formula is C43H51FN8O8. The largest absolute Gasteiger partial charge is 0.481 e. The highest BCUT2D eigenvalue weighted by Gasteiger charge is 2.48. The molecule has 4 heterocycles. The van der Waals surface area contributed by atoms with Crippen molar-refractivity contribution in [3.8, 4) is 11.1 Å². The van der Waals surface area contributed by atoms with Gasteiger partial charge in [0.25, 0.3) is 11.6 Å². The van der Waals surface area contributed by atoms with Gasteiger partial charge >= 0.3 is 12.0 Å². The third kappa shape index (κ3) is 9.65. The van der Waals surface area contributed by atoms with Crippen LogP contribution in [0.25, 0.3) is 28.1 Å². The van der Waals surface area contributed by atoms with Crippen molar-refractivity contribution in [2.45, 2.75) is 57.1 Å². The number of hydrogen-bond donors (Lipinski definition) is 3. The van der Waals surface area contributed by atoms with Crippen molar-refractivity contribution in [3.05, 3.63) is 100 Å². The number of piperazine rings is 1. The SMILES string of the molecule is CC(C)n1c(/C=C/[C@@H](O)C[C@@H](O)CC(=O)O)c(-c2ccc(F)cc2)c2ccccc21.CN1C(=O)C2C(N=CN2CCN2CCN(c3ccc([N+](=O)[O-])cc3)CC2)N(C)C1=O. The predicted molar refractivity (Wildman–Crippen MR) is 226 cm³/mol. The van der Waals surface area contributed by atoms with Gasteiger partial charge in [0.1, 0.15) is 5.82 Å². The molecule has 1 aromatic heterocycles. The first-order valence-electron chi connectivity index (χ1n) is 19.8. The summed E-state index contributed by atoms with van der Waals surface area (Å²) in [4.78, 5) is 59.3. The van der Waals surface area contributed by atoms with Crippen molar-refractivity contribution in [2.24, 2.45) is 4.99 Å². The second-order valence-corrected chi connectivity index (χ2v) is 15.4. The fraction of sp³-hybridized carbons (Fsp3) is 0.395. The van der Waals surface area contributed by atoms with Crippen LogP contribution in [0.1, 0.15) is 38.4 Å². The summed E-state index contributed by atoms with van der Waals surface area (Å²) in [5, 5.41) is 40.7. The lowest BCUT2D eigenvalue weighted by atomic mass is 10.0. The number of aliphatic carboxylic acids is 1. The zero-order valence-electron chi connectivity index (χ0n) is 34.0. The Morgan fingerprint density at radius 3 is 2.27 bits per heavy atom. The molecular weight excluding hydrogens is 776 g/mol. The van der Waals surface area contributed by atoms with E-state index >= 15 is 0 Å². The quantitative estimate of drug-likeness (QED) is 0.123. The minimum atomic E-state index is -1.13. The van der Waals surface area contributed by atoms with E-state index in [1.807, 2.05) is 29.2 Å². The molecule has 60 heavy (non-hydrogen) atoms. The summed E-state index contributed by atoms with van der Waals surface area (Å²) in [5.41, 5.74) is 4.73. The number of non-ortho nitro benzene ring substituents is 1. The molecule has 318 valence electrons. The van der Waals surface area contributed by atoms with Gasteiger partial charge in [-0.1, -0.05) is 36.4 Å². The molecule has 0 bridgehead atoms. The van der Waals surface area contributed by atoms with Crippen molar-refractivity contribution < 1.29 is 39.0 Å². The topological polar surface area (TPSA) is 189 Å². The van der Waals surface area contributed by atoms with Crippen molar-refractivity contribution in [3.63, 3.8) is 0 Å². The summed E-state index contributed by atoms with van der Waals surface area (Å²) in [7, 11) is 3.17. The summed E-state index contributed by atoms with van der Waals surface area (Å²) in [6.45, 7) is 8.96. The number of aliphatic hydroxyl groups excluding tert-OH is 2. The molecule has 3 N–H and O–H groups in total. The highest BCUT2D eigenvalue weighted by molar-refractivity contribution is 6.02. The Labute approximate surface area is 347 Å². The molecule has 0 aliphatic carbocycles. The molecule has 2 unspecified atom stereocenters. The number of aromatic nitrogens is 1. The van der Waals surface area contributed by atoms with Crippen LogP contribution >= 0.6 is 0 Å². The number of fused-ring (bicyclic) bond motifs is 2. The summed E-state index contributed by atoms with van der Waals surface area (Å²) in [5.74, 6) is -1.65. The molecule has 2 fully saturated rings. The molecule has 3 aromatic carbocycles. The number of para-hydroxylation sites is 1. The Bertz CT molecular complexity index is 2240. The van der Waals surface area contributed by atoms with Gasteiger partial charge in [-0.25, -0.2) is 14.2 Å². The van der Waals surface area contributed by atoms with E-state index in [9.17, 15) is 39.1 Å². The number of rotatable bonds is 13. The normalized spacial score (nSPS) is 19.3. The number of carboxylic acids is 1. The summed E-state index contributed by atoms with van der Waals surface area (Å²) >= 11 is 0. The number of amides is 3. The molecule has 3 aliphatic heterocycles. The first-order valence-corrected chi connectivity index (χ1v) is 19.8. The van der Waals surface area contributed by atoms with Crippen molar-refractivity contribution in [2.75, 3.05) is 58.3 Å². The van der Waals surface area contributed by atoms with Crippen LogP contribution in [-0.4, -0.2) is 146 Å². The van der Waals surface area contributed by atoms with Crippen LogP contribution < -0.4 is 4.90 Å². The van der Waals surface area contributed by atoms with Gasteiger partial charge in [0.15, 0.2) is 12.2 Å². The molecule has 0 radical (unpaired) electrons. The number of imide groups is 1. The van der Waals surface area contributed by atoms with Crippen LogP contribution in [0.2, 0.25) is 0 Å². The number of nitro benzene ring substituents is 1. The van der Waals surface area contributed by atoms with Crippen LogP contribution in [0.5, 0.6) is 0 Å². The van der Waals surface area contributed by atoms with Gasteiger partial charge in [0.05, 0.1) is 29.9 Å². The van der Waals surface area contributed by atoms with Gasteiger partial charge in [0.2, 0.25) is 0 Å². The second kappa shape index (κ2) is 18.8. The standard InChI is InChI=1S/C24H26FNO4.C19H25N7O4/c1-15(2)26-21-6-4-3-5-20(21)24(16-7-9-17(25)10-8-16)22(26)12-11-18(27)13-19(28)14-23(29)30;1-21-17-16(18(27)22(2)19(21)28)25(13-20-17)12-9-23-7-10-24(11-8-23)14-3-5-15(6-4-14)26(29)30/h3-12,15,18-19,27-28H,13-14H2,1-2H3,(H,29,30);3-6,13,16-17H,7-12H2,1-2H3/b12-11+;/t18-,19-;/m1./s1. The number of benzene rings is 3. The zero-order valence-corrected chi connectivity index (χ0v) is 34.0. The molecule has 4 atom stereocenters. The number of anilines is 1. The number of nitrogens with zero attached hydrogens (tertiary/aromatic N) is 8. The Morgan fingerprint density at radius 1 is 0.967 bits per heavy atom. The lowest BCUT2D eigenvalue weighted by Gasteiger charge is -2.40. The minimum Gasteiger partial charge on any atom is -0.481 e. The highest BCUT2D eigenvalue weighted by Crippen LogP contribution is 2.38. The zero-order chi connectivity index (χ0) is 43.2. The van der Waals surface area contributed by atoms with Gasteiger partial charge in [0, 0.05) is 106 Å². The van der Waals surface area contributed by atoms with Crippen molar-refractivity contribution in [1.29, 1.82) is 0 Å². The number of carboxylic acid groups (broad SMARTS) is 1. The second-order valence-electron chi connectivity index (χ2n) is 15.4. The molecule has 3 amide bonds. The predicted octanol–water partition coefficient (Wildman–Crippen LogP) is 4.91. The van der Waals surface area contributed by atoms with Gasteiger partial charge in [-0.3, -0.25) is 29.5 Å². The number of carbonyl (C=O) groups excluding carboxylic acids is 2. The van der Waals surface area contributed by atoms with Crippen molar-refractivity contribution in [1.82, 2.24) is 24.2 Å². The monoisotopic (exact) mass is 826 g/mol. The lowest BCUT2D eigenvalue weighted by molar-refractivity contribution is -0.384. The molecule has 0 spiro atoms. The van der Waals surface area contributed by atoms with Gasteiger partial charge < -0.3 is 34.6 Å². The third-order valence-corrected chi connectivity index (χ3v) is 11.0. The fourth-order valence-electron chi connectivity index (χ4n) is 7.94. The maximum Gasteiger partial charge on any atom is 0.328 e. The molecule has 4 aromatic rings. The molecule has 17 heteroatoms. The van der Waals surface area contributed by atoms with E-state index < -0.39 is 41.7 Å². The maximum absolute atomic E-state index is 13.5. The van der Waals surface area contributed by atoms with Gasteiger partial charge in [-0.2, -0.15) is 0 Å². The van der Waals surface area contributed by atoms with E-state index in [0.29, 0.717) is 6.54 Å². The number of halogens is 1. The fourth-order valence-corrected chi connectivity index (χ4v) is 7.94. The maximum atomic E-state index is 13.5. The number of aliphatic hydroxyl groups is 2. The Morgan fingerprint density at radius 2 is 1.63 bits per heavy atom. The van der Waals surface area contributed by atoms with Crippen molar-refractivity contribution >= 4 is 52.6 Å². The number of nitro groups is 1. The minimum absolute atomic E-state index is 0.0728. The van der Waals surface area contributed by atoms with E-state index in [2.05, 4.69) is 33.2 Å². The Balaban J connectivity index is 0.000000201. The van der Waals surface area contributed by atoms with E-state index in [1.165, 1.54) is 36.2 Å². The number of carbonyl (C=O) groups is 3. The lowest BCUT2D eigenvalue weighted by Crippen LogP contribution is -2.64. The van der Waals surface area contributed by atoms with Crippen LogP contribution in [0, 0.1) is 15.9 Å². The number of urea groups is 1. The van der Waals surface area contributed by atoms with E-state index in [4.69, 9.17) is 5.11 Å². The first kappa shape index (κ1) is 43.4. The van der Waals surface area contributed by atoms with Crippen LogP contribution in [0.3, 0.4) is 0 Å². The summed E-state index contributed by atoms with van der Waals surface area (Å²) in [6, 6.07) is 20.2. The highest BCUT2D eigenvalue weighted by atomic mass is 19.1. The average Bonchev–Trinajstić information content (AvgIpc) is 3.81. The molecule has 16 nitrogen and oxygen atoms in total. The van der Waals surface area contributed by atoms with Crippen LogP contribution in [0.15, 0.2) is 83.9 Å². The summed E-state index contributed by atoms with van der Waals surface area (Å²) < 4.78 is 15.6. The average molecular weight is 827 g/mol. The molecule has 3 aliphatic rings. The Hall–Kier alpha value is -6.17. The number of aliphatic imine (C=N–C) groups is 1. The molecule has 2 saturated heterocycles. The van der Waals surface area contributed by atoms with Crippen LogP contribution in [0.4, 0.5) is 20.6 Å². The van der Waals surface area contributed by atoms with E-state index in [0.717, 1.165) is 71.0 Å². The molecule has 0 saturated carbocycles. The van der Waals surface area contributed by atoms with Gasteiger partial charge in [-0.05, 0) is 55.8 Å². The first-order chi connectivity index (χ1) is 28.6. The van der Waals surface area contributed by atoms with Gasteiger partial charge in [-0.15, -0.1) is 0 Å². The van der Waals surface area contributed by atoms with E-state index in [1.54, 1.807) is 49.8 Å². The third-order valence-electron chi connectivity index (χ3n) is 11.0. The smallest absolute Gasteiger partial charge is 0.328 e.